The summed E-state index contributed by atoms with van der Waals surface area (Å²) in [6.45, 7) is 11.1. The summed E-state index contributed by atoms with van der Waals surface area (Å²) < 4.78 is 2.13. The molecule has 0 aliphatic carbocycles. The molecule has 0 atom stereocenters. The van der Waals surface area contributed by atoms with Gasteiger partial charge < -0.3 is 14.4 Å². The Balaban J connectivity index is 1.97. The number of amides is 2. The van der Waals surface area contributed by atoms with E-state index >= 15 is 0 Å². The molecule has 1 aromatic rings. The molecule has 2 rings (SSSR count). The van der Waals surface area contributed by atoms with Gasteiger partial charge in [0.05, 0.1) is 6.42 Å². The lowest BCUT2D eigenvalue weighted by atomic mass is 10.0. The van der Waals surface area contributed by atoms with E-state index < -0.39 is 0 Å². The molecule has 0 N–H and O–H groups in total. The van der Waals surface area contributed by atoms with Crippen LogP contribution >= 0.6 is 0 Å². The highest BCUT2D eigenvalue weighted by Gasteiger charge is 2.26. The number of aryl methyl sites for hydroxylation is 1. The Hall–Kier alpha value is -1.78. The SMILES string of the molecule is CCC(CC)C(=O)N1CCCN(C(=O)Cc2cc(C)n(C)c2C)CC1. The van der Waals surface area contributed by atoms with Gasteiger partial charge in [0.25, 0.3) is 0 Å². The number of hydrogen-bond acceptors (Lipinski definition) is 2. The van der Waals surface area contributed by atoms with Crippen molar-refractivity contribution in [3.8, 4) is 0 Å². The molecule has 0 aromatic carbocycles. The smallest absolute Gasteiger partial charge is 0.227 e. The van der Waals surface area contributed by atoms with Crippen molar-refractivity contribution in [2.24, 2.45) is 13.0 Å². The van der Waals surface area contributed by atoms with Crippen molar-refractivity contribution in [1.82, 2.24) is 14.4 Å². The number of aromatic nitrogens is 1. The van der Waals surface area contributed by atoms with Crippen LogP contribution in [-0.4, -0.2) is 52.4 Å². The van der Waals surface area contributed by atoms with Crippen molar-refractivity contribution in [3.63, 3.8) is 0 Å². The summed E-state index contributed by atoms with van der Waals surface area (Å²) in [6.07, 6.45) is 3.10. The first kappa shape index (κ1) is 19.5. The van der Waals surface area contributed by atoms with Crippen molar-refractivity contribution in [1.29, 1.82) is 0 Å². The Morgan fingerprint density at radius 3 is 2.20 bits per heavy atom. The van der Waals surface area contributed by atoms with Gasteiger partial charge >= 0.3 is 0 Å². The van der Waals surface area contributed by atoms with E-state index in [0.717, 1.165) is 43.6 Å². The largest absolute Gasteiger partial charge is 0.352 e. The lowest BCUT2D eigenvalue weighted by Crippen LogP contribution is -2.40. The molecule has 0 saturated carbocycles. The fraction of sp³-hybridized carbons (Fsp3) is 0.700. The minimum Gasteiger partial charge on any atom is -0.352 e. The maximum absolute atomic E-state index is 12.7. The lowest BCUT2D eigenvalue weighted by molar-refractivity contribution is -0.136. The van der Waals surface area contributed by atoms with Gasteiger partial charge in [0, 0.05) is 50.5 Å². The molecule has 2 heterocycles. The minimum atomic E-state index is 0.122. The topological polar surface area (TPSA) is 45.6 Å². The van der Waals surface area contributed by atoms with E-state index in [2.05, 4.69) is 38.3 Å². The van der Waals surface area contributed by atoms with E-state index in [4.69, 9.17) is 0 Å². The summed E-state index contributed by atoms with van der Waals surface area (Å²) in [7, 11) is 2.03. The van der Waals surface area contributed by atoms with E-state index in [1.54, 1.807) is 0 Å². The molecule has 2 amide bonds. The van der Waals surface area contributed by atoms with Gasteiger partial charge in [-0.1, -0.05) is 13.8 Å². The second-order valence-corrected chi connectivity index (χ2v) is 7.21. The average molecular weight is 348 g/mol. The van der Waals surface area contributed by atoms with Gasteiger partial charge in [-0.3, -0.25) is 9.59 Å². The summed E-state index contributed by atoms with van der Waals surface area (Å²) in [5.41, 5.74) is 3.45. The quantitative estimate of drug-likeness (QED) is 0.822. The summed E-state index contributed by atoms with van der Waals surface area (Å²) in [4.78, 5) is 29.2. The number of nitrogens with zero attached hydrogens (tertiary/aromatic N) is 3. The Morgan fingerprint density at radius 1 is 1.04 bits per heavy atom. The van der Waals surface area contributed by atoms with E-state index in [9.17, 15) is 9.59 Å². The van der Waals surface area contributed by atoms with Crippen LogP contribution < -0.4 is 0 Å². The van der Waals surface area contributed by atoms with Crippen molar-refractivity contribution in [2.75, 3.05) is 26.2 Å². The average Bonchev–Trinajstić information content (AvgIpc) is 2.80. The molecule has 0 unspecified atom stereocenters. The van der Waals surface area contributed by atoms with Crippen LogP contribution in [0.1, 0.15) is 50.1 Å². The van der Waals surface area contributed by atoms with Gasteiger partial charge in [-0.25, -0.2) is 0 Å². The molecule has 25 heavy (non-hydrogen) atoms. The second kappa shape index (κ2) is 8.54. The Kier molecular flexibility index (Phi) is 6.68. The van der Waals surface area contributed by atoms with Crippen LogP contribution in [0.25, 0.3) is 0 Å². The van der Waals surface area contributed by atoms with Gasteiger partial charge in [0.1, 0.15) is 0 Å². The Labute approximate surface area is 152 Å². The highest BCUT2D eigenvalue weighted by atomic mass is 16.2. The molecule has 5 nitrogen and oxygen atoms in total. The highest BCUT2D eigenvalue weighted by Crippen LogP contribution is 2.17. The van der Waals surface area contributed by atoms with Crippen LogP contribution in [0.4, 0.5) is 0 Å². The Morgan fingerprint density at radius 2 is 1.64 bits per heavy atom. The molecular weight excluding hydrogens is 314 g/mol. The third-order valence-electron chi connectivity index (χ3n) is 5.72. The Bertz CT molecular complexity index is 617. The van der Waals surface area contributed by atoms with Crippen molar-refractivity contribution < 1.29 is 9.59 Å². The number of rotatable bonds is 5. The molecule has 5 heteroatoms. The summed E-state index contributed by atoms with van der Waals surface area (Å²) in [5, 5.41) is 0. The van der Waals surface area contributed by atoms with Crippen LogP contribution in [0.15, 0.2) is 6.07 Å². The molecule has 0 spiro atoms. The first-order valence-corrected chi connectivity index (χ1v) is 9.57. The monoisotopic (exact) mass is 347 g/mol. The maximum atomic E-state index is 12.7. The van der Waals surface area contributed by atoms with Crippen LogP contribution in [0.2, 0.25) is 0 Å². The fourth-order valence-corrected chi connectivity index (χ4v) is 3.67. The van der Waals surface area contributed by atoms with Crippen LogP contribution in [0, 0.1) is 19.8 Å². The third-order valence-corrected chi connectivity index (χ3v) is 5.72. The van der Waals surface area contributed by atoms with Gasteiger partial charge in [-0.05, 0) is 44.7 Å². The van der Waals surface area contributed by atoms with E-state index in [-0.39, 0.29) is 17.7 Å². The van der Waals surface area contributed by atoms with Crippen molar-refractivity contribution in [3.05, 3.63) is 23.0 Å². The van der Waals surface area contributed by atoms with Crippen LogP contribution in [0.5, 0.6) is 0 Å². The predicted octanol–water partition coefficient (Wildman–Crippen LogP) is 2.68. The number of carbonyl (C=O) groups is 2. The fourth-order valence-electron chi connectivity index (χ4n) is 3.67. The molecular formula is C20H33N3O2. The summed E-state index contributed by atoms with van der Waals surface area (Å²) in [5.74, 6) is 0.552. The molecule has 140 valence electrons. The maximum Gasteiger partial charge on any atom is 0.227 e. The van der Waals surface area contributed by atoms with E-state index in [1.807, 2.05) is 16.8 Å². The molecule has 1 fully saturated rings. The van der Waals surface area contributed by atoms with Crippen molar-refractivity contribution >= 4 is 11.8 Å². The first-order valence-electron chi connectivity index (χ1n) is 9.57. The molecule has 1 aliphatic rings. The second-order valence-electron chi connectivity index (χ2n) is 7.21. The normalized spacial score (nSPS) is 15.6. The molecule has 0 bridgehead atoms. The first-order chi connectivity index (χ1) is 11.9. The zero-order valence-corrected chi connectivity index (χ0v) is 16.5. The van der Waals surface area contributed by atoms with Gasteiger partial charge in [-0.2, -0.15) is 0 Å². The predicted molar refractivity (Wildman–Crippen MR) is 100 cm³/mol. The zero-order chi connectivity index (χ0) is 18.6. The van der Waals surface area contributed by atoms with Crippen LogP contribution in [0.3, 0.4) is 0 Å². The molecule has 1 aliphatic heterocycles. The number of carbonyl (C=O) groups excluding carboxylic acids is 2. The molecule has 1 aromatic heterocycles. The van der Waals surface area contributed by atoms with E-state index in [1.165, 1.54) is 5.69 Å². The van der Waals surface area contributed by atoms with Gasteiger partial charge in [-0.15, -0.1) is 0 Å². The lowest BCUT2D eigenvalue weighted by Gasteiger charge is -2.25. The summed E-state index contributed by atoms with van der Waals surface area (Å²) in [6, 6.07) is 2.11. The van der Waals surface area contributed by atoms with Crippen molar-refractivity contribution in [2.45, 2.75) is 53.4 Å². The standard InChI is InChI=1S/C20H33N3O2/c1-6-17(7-2)20(25)23-10-8-9-22(11-12-23)19(24)14-18-13-15(3)21(5)16(18)4/h13,17H,6-12,14H2,1-5H3. The van der Waals surface area contributed by atoms with Gasteiger partial charge in [0.15, 0.2) is 0 Å². The highest BCUT2D eigenvalue weighted by molar-refractivity contribution is 5.80. The minimum absolute atomic E-state index is 0.122. The molecule has 1 saturated heterocycles. The summed E-state index contributed by atoms with van der Waals surface area (Å²) >= 11 is 0. The number of hydrogen-bond donors (Lipinski definition) is 0. The zero-order valence-electron chi connectivity index (χ0n) is 16.5. The van der Waals surface area contributed by atoms with Gasteiger partial charge in [0.2, 0.25) is 11.8 Å². The third kappa shape index (κ3) is 4.44. The van der Waals surface area contributed by atoms with Crippen LogP contribution in [-0.2, 0) is 23.1 Å². The van der Waals surface area contributed by atoms with E-state index in [0.29, 0.717) is 19.5 Å². The molecule has 0 radical (unpaired) electrons.